The molecule has 2 rings (SSSR count). The molecule has 0 atom stereocenters. The van der Waals surface area contributed by atoms with Gasteiger partial charge < -0.3 is 15.2 Å². The van der Waals surface area contributed by atoms with Gasteiger partial charge in [0.15, 0.2) is 0 Å². The van der Waals surface area contributed by atoms with Crippen molar-refractivity contribution < 1.29 is 14.6 Å². The molecule has 2 aromatic rings. The zero-order valence-corrected chi connectivity index (χ0v) is 12.1. The standard InChI is InChI=1S/C14H13BrN2O3/c15-13-6-1-10(9-16-13)14(19)17-11-2-4-12(5-3-11)20-8-7-18/h1-6,9,18H,7-8H2,(H,17,19). The fraction of sp³-hybridized carbons (Fsp3) is 0.143. The van der Waals surface area contributed by atoms with Gasteiger partial charge in [0.05, 0.1) is 12.2 Å². The van der Waals surface area contributed by atoms with E-state index in [4.69, 9.17) is 9.84 Å². The highest BCUT2D eigenvalue weighted by atomic mass is 79.9. The molecule has 2 N–H and O–H groups in total. The van der Waals surface area contributed by atoms with Gasteiger partial charge in [-0.3, -0.25) is 4.79 Å². The SMILES string of the molecule is O=C(Nc1ccc(OCCO)cc1)c1ccc(Br)nc1. The molecule has 0 bridgehead atoms. The summed E-state index contributed by atoms with van der Waals surface area (Å²) in [5, 5.41) is 11.4. The summed E-state index contributed by atoms with van der Waals surface area (Å²) in [5.41, 5.74) is 1.14. The topological polar surface area (TPSA) is 71.5 Å². The molecule has 0 spiro atoms. The first-order valence-electron chi connectivity index (χ1n) is 5.95. The minimum absolute atomic E-state index is 0.0327. The Bertz CT molecular complexity index is 570. The maximum Gasteiger partial charge on any atom is 0.257 e. The van der Waals surface area contributed by atoms with E-state index in [0.29, 0.717) is 21.6 Å². The number of anilines is 1. The van der Waals surface area contributed by atoms with E-state index in [2.05, 4.69) is 26.2 Å². The van der Waals surface area contributed by atoms with Crippen molar-refractivity contribution in [1.29, 1.82) is 0 Å². The van der Waals surface area contributed by atoms with Crippen LogP contribution in [0.25, 0.3) is 0 Å². The summed E-state index contributed by atoms with van der Waals surface area (Å²) in [7, 11) is 0. The molecule has 104 valence electrons. The largest absolute Gasteiger partial charge is 0.491 e. The fourth-order valence-electron chi connectivity index (χ4n) is 1.51. The molecule has 1 aromatic carbocycles. The number of carbonyl (C=O) groups excluding carboxylic acids is 1. The first-order valence-corrected chi connectivity index (χ1v) is 6.75. The van der Waals surface area contributed by atoms with Crippen LogP contribution in [0.5, 0.6) is 5.75 Å². The first-order chi connectivity index (χ1) is 9.69. The number of hydrogen-bond acceptors (Lipinski definition) is 4. The van der Waals surface area contributed by atoms with Crippen LogP contribution in [0, 0.1) is 0 Å². The number of carbonyl (C=O) groups is 1. The smallest absolute Gasteiger partial charge is 0.257 e. The lowest BCUT2D eigenvalue weighted by atomic mass is 10.2. The zero-order chi connectivity index (χ0) is 14.4. The van der Waals surface area contributed by atoms with Gasteiger partial charge in [0.25, 0.3) is 5.91 Å². The third-order valence-electron chi connectivity index (χ3n) is 2.46. The highest BCUT2D eigenvalue weighted by molar-refractivity contribution is 9.10. The fourth-order valence-corrected chi connectivity index (χ4v) is 1.75. The van der Waals surface area contributed by atoms with Gasteiger partial charge in [-0.05, 0) is 52.3 Å². The van der Waals surface area contributed by atoms with Crippen LogP contribution in [0.2, 0.25) is 0 Å². The van der Waals surface area contributed by atoms with Crippen molar-refractivity contribution >= 4 is 27.5 Å². The van der Waals surface area contributed by atoms with Crippen LogP contribution in [0.3, 0.4) is 0 Å². The molecule has 1 amide bonds. The minimum Gasteiger partial charge on any atom is -0.491 e. The first kappa shape index (κ1) is 14.5. The third kappa shape index (κ3) is 4.04. The van der Waals surface area contributed by atoms with Crippen molar-refractivity contribution in [3.63, 3.8) is 0 Å². The van der Waals surface area contributed by atoms with Gasteiger partial charge in [-0.15, -0.1) is 0 Å². The van der Waals surface area contributed by atoms with Crippen LogP contribution in [0.1, 0.15) is 10.4 Å². The van der Waals surface area contributed by atoms with Crippen LogP contribution < -0.4 is 10.1 Å². The van der Waals surface area contributed by atoms with E-state index in [1.807, 2.05) is 0 Å². The van der Waals surface area contributed by atoms with E-state index >= 15 is 0 Å². The lowest BCUT2D eigenvalue weighted by Gasteiger charge is -2.07. The van der Waals surface area contributed by atoms with Crippen LogP contribution in [-0.4, -0.2) is 29.2 Å². The van der Waals surface area contributed by atoms with Crippen LogP contribution in [0.15, 0.2) is 47.2 Å². The van der Waals surface area contributed by atoms with Crippen molar-refractivity contribution in [1.82, 2.24) is 4.98 Å². The number of ether oxygens (including phenoxy) is 1. The number of rotatable bonds is 5. The molecule has 6 heteroatoms. The summed E-state index contributed by atoms with van der Waals surface area (Å²) in [6.07, 6.45) is 1.50. The van der Waals surface area contributed by atoms with Crippen LogP contribution in [-0.2, 0) is 0 Å². The number of pyridine rings is 1. The maximum absolute atomic E-state index is 12.0. The Hall–Kier alpha value is -1.92. The number of aliphatic hydroxyl groups is 1. The van der Waals surface area contributed by atoms with Crippen molar-refractivity contribution in [3.8, 4) is 5.75 Å². The lowest BCUT2D eigenvalue weighted by molar-refractivity contribution is 0.102. The minimum atomic E-state index is -0.228. The highest BCUT2D eigenvalue weighted by Gasteiger charge is 2.06. The van der Waals surface area contributed by atoms with E-state index < -0.39 is 0 Å². The van der Waals surface area contributed by atoms with Crippen molar-refractivity contribution in [3.05, 3.63) is 52.8 Å². The molecular formula is C14H13BrN2O3. The van der Waals surface area contributed by atoms with Crippen molar-refractivity contribution in [2.45, 2.75) is 0 Å². The number of aliphatic hydroxyl groups excluding tert-OH is 1. The van der Waals surface area contributed by atoms with Gasteiger partial charge in [-0.1, -0.05) is 0 Å². The molecule has 0 aliphatic carbocycles. The van der Waals surface area contributed by atoms with Gasteiger partial charge in [0.1, 0.15) is 17.0 Å². The Kier molecular flexibility index (Phi) is 5.09. The van der Waals surface area contributed by atoms with Gasteiger partial charge in [-0.2, -0.15) is 0 Å². The monoisotopic (exact) mass is 336 g/mol. The second-order valence-corrected chi connectivity index (χ2v) is 4.73. The van der Waals surface area contributed by atoms with Crippen LogP contribution >= 0.6 is 15.9 Å². The Morgan fingerprint density at radius 1 is 1.25 bits per heavy atom. The van der Waals surface area contributed by atoms with Gasteiger partial charge in [-0.25, -0.2) is 4.98 Å². The van der Waals surface area contributed by atoms with Crippen LogP contribution in [0.4, 0.5) is 5.69 Å². The van der Waals surface area contributed by atoms with Crippen molar-refractivity contribution in [2.75, 3.05) is 18.5 Å². The van der Waals surface area contributed by atoms with Gasteiger partial charge >= 0.3 is 0 Å². The molecule has 0 radical (unpaired) electrons. The second-order valence-electron chi connectivity index (χ2n) is 3.92. The summed E-state index contributed by atoms with van der Waals surface area (Å²) < 4.78 is 5.92. The predicted molar refractivity (Wildman–Crippen MR) is 78.9 cm³/mol. The normalized spacial score (nSPS) is 10.1. The lowest BCUT2D eigenvalue weighted by Crippen LogP contribution is -2.12. The summed E-state index contributed by atoms with van der Waals surface area (Å²) in [6, 6.07) is 10.3. The average Bonchev–Trinajstić information content (AvgIpc) is 2.47. The summed E-state index contributed by atoms with van der Waals surface area (Å²) in [4.78, 5) is 16.0. The summed E-state index contributed by atoms with van der Waals surface area (Å²) in [6.45, 7) is 0.214. The number of amides is 1. The van der Waals surface area contributed by atoms with Gasteiger partial charge in [0, 0.05) is 11.9 Å². The molecule has 0 fully saturated rings. The maximum atomic E-state index is 12.0. The van der Waals surface area contributed by atoms with Crippen molar-refractivity contribution in [2.24, 2.45) is 0 Å². The third-order valence-corrected chi connectivity index (χ3v) is 2.93. The summed E-state index contributed by atoms with van der Waals surface area (Å²) in [5.74, 6) is 0.413. The highest BCUT2D eigenvalue weighted by Crippen LogP contribution is 2.16. The molecule has 0 unspecified atom stereocenters. The Balaban J connectivity index is 1.99. The number of hydrogen-bond donors (Lipinski definition) is 2. The molecule has 5 nitrogen and oxygen atoms in total. The molecule has 20 heavy (non-hydrogen) atoms. The van der Waals surface area contributed by atoms with E-state index in [-0.39, 0.29) is 19.1 Å². The molecule has 1 heterocycles. The average molecular weight is 337 g/mol. The Labute approximate surface area is 124 Å². The van der Waals surface area contributed by atoms with E-state index in [1.165, 1.54) is 6.20 Å². The Morgan fingerprint density at radius 3 is 2.60 bits per heavy atom. The summed E-state index contributed by atoms with van der Waals surface area (Å²) >= 11 is 3.22. The molecule has 0 aliphatic heterocycles. The quantitative estimate of drug-likeness (QED) is 0.823. The zero-order valence-electron chi connectivity index (χ0n) is 10.5. The molecular weight excluding hydrogens is 324 g/mol. The number of halogens is 1. The van der Waals surface area contributed by atoms with E-state index in [9.17, 15) is 4.79 Å². The molecule has 1 aromatic heterocycles. The van der Waals surface area contributed by atoms with E-state index in [0.717, 1.165) is 0 Å². The molecule has 0 aliphatic rings. The number of nitrogens with one attached hydrogen (secondary N) is 1. The molecule has 0 saturated heterocycles. The van der Waals surface area contributed by atoms with Gasteiger partial charge in [0.2, 0.25) is 0 Å². The number of nitrogens with zero attached hydrogens (tertiary/aromatic N) is 1. The number of benzene rings is 1. The predicted octanol–water partition coefficient (Wildman–Crippen LogP) is 2.47. The van der Waals surface area contributed by atoms with E-state index in [1.54, 1.807) is 36.4 Å². The second kappa shape index (κ2) is 7.02. The number of aromatic nitrogens is 1. The Morgan fingerprint density at radius 2 is 2.00 bits per heavy atom. The molecule has 0 saturated carbocycles.